The Labute approximate surface area is 305 Å². The minimum Gasteiger partial charge on any atom is -0.456 e. The topological polar surface area (TPSA) is 138 Å². The molecule has 6 heterocycles. The van der Waals surface area contributed by atoms with Gasteiger partial charge in [0.1, 0.15) is 11.2 Å². The summed E-state index contributed by atoms with van der Waals surface area (Å²) in [5.41, 5.74) is 3.84. The summed E-state index contributed by atoms with van der Waals surface area (Å²) in [6.07, 6.45) is 0. The van der Waals surface area contributed by atoms with Crippen LogP contribution < -0.4 is 22.2 Å². The Morgan fingerprint density at radius 1 is 0.345 bits per heavy atom. The van der Waals surface area contributed by atoms with Gasteiger partial charge >= 0.3 is 0 Å². The second-order valence-electron chi connectivity index (χ2n) is 13.6. The molecule has 0 aliphatic rings. The van der Waals surface area contributed by atoms with Crippen LogP contribution in [0.3, 0.4) is 0 Å². The summed E-state index contributed by atoms with van der Waals surface area (Å²) in [6.45, 7) is 0. The van der Waals surface area contributed by atoms with E-state index in [1.165, 1.54) is 0 Å². The first-order chi connectivity index (χ1) is 26.9. The Bertz CT molecular complexity index is 3700. The number of furan rings is 1. The SMILES string of the molecule is O=c1c2ccccc2n2c3ccc(-c4nc(-c5ccc6c(c5)oc5ccccc56)nc(-c5ccc6c(c5)c(=O)n5c(=O)c7ccccc7n65)n4)cc3c(=O)n12. The lowest BCUT2D eigenvalue weighted by atomic mass is 10.1. The molecule has 0 aliphatic carbocycles. The molecule has 55 heavy (non-hydrogen) atoms. The van der Waals surface area contributed by atoms with Crippen LogP contribution in [0.1, 0.15) is 0 Å². The van der Waals surface area contributed by atoms with Gasteiger partial charge in [-0.05, 0) is 78.9 Å². The average molecular weight is 716 g/mol. The van der Waals surface area contributed by atoms with Crippen molar-refractivity contribution in [1.29, 1.82) is 0 Å². The Morgan fingerprint density at radius 3 is 1.29 bits per heavy atom. The maximum absolute atomic E-state index is 13.8. The minimum absolute atomic E-state index is 0.273. The summed E-state index contributed by atoms with van der Waals surface area (Å²) < 4.78 is 11.8. The van der Waals surface area contributed by atoms with E-state index in [9.17, 15) is 19.2 Å². The first kappa shape index (κ1) is 29.6. The molecule has 12 heteroatoms. The second kappa shape index (κ2) is 10.3. The van der Waals surface area contributed by atoms with Crippen LogP contribution in [0.2, 0.25) is 0 Å². The summed E-state index contributed by atoms with van der Waals surface area (Å²) in [5.74, 6) is 0.881. The highest BCUT2D eigenvalue weighted by molar-refractivity contribution is 6.05. The molecule has 6 aromatic carbocycles. The van der Waals surface area contributed by atoms with Gasteiger partial charge in [0.05, 0.1) is 43.6 Å². The highest BCUT2D eigenvalue weighted by atomic mass is 16.3. The van der Waals surface area contributed by atoms with Crippen LogP contribution in [0.25, 0.3) is 99.7 Å². The smallest absolute Gasteiger partial charge is 0.282 e. The molecule has 12 rings (SSSR count). The number of benzene rings is 6. The van der Waals surface area contributed by atoms with Gasteiger partial charge in [0.2, 0.25) is 0 Å². The van der Waals surface area contributed by atoms with Crippen molar-refractivity contribution in [2.24, 2.45) is 0 Å². The van der Waals surface area contributed by atoms with Crippen LogP contribution in [0.5, 0.6) is 0 Å². The zero-order valence-electron chi connectivity index (χ0n) is 28.3. The quantitative estimate of drug-likeness (QED) is 0.205. The van der Waals surface area contributed by atoms with Gasteiger partial charge in [0, 0.05) is 27.5 Å². The molecule has 0 amide bonds. The standard InChI is InChI=1S/C43H21N7O5/c51-40-27-8-1-4-10-31(27)47-33-17-14-22(19-29(33)42(53)49(40)47)37-44-38(46-39(45-37)24-13-16-26-25-7-3-6-12-35(25)55-36(26)21-24)23-15-18-34-30(20-23)43(54)50-41(52)28-9-2-5-11-32(28)48(34)50/h1-21H. The normalized spacial score (nSPS) is 12.3. The molecule has 0 aliphatic heterocycles. The summed E-state index contributed by atoms with van der Waals surface area (Å²) in [6, 6.07) is 38.4. The lowest BCUT2D eigenvalue weighted by Crippen LogP contribution is -2.21. The molecule has 0 fully saturated rings. The molecule has 12 aromatic rings. The third kappa shape index (κ3) is 3.86. The fourth-order valence-electron chi connectivity index (χ4n) is 8.06. The van der Waals surface area contributed by atoms with Gasteiger partial charge in [-0.25, -0.2) is 24.0 Å². The van der Waals surface area contributed by atoms with Crippen molar-refractivity contribution in [1.82, 2.24) is 33.0 Å². The third-order valence-corrected chi connectivity index (χ3v) is 10.6. The van der Waals surface area contributed by atoms with Crippen LogP contribution in [0, 0.1) is 0 Å². The molecule has 0 saturated heterocycles. The van der Waals surface area contributed by atoms with E-state index in [4.69, 9.17) is 19.4 Å². The van der Waals surface area contributed by atoms with E-state index in [2.05, 4.69) is 0 Å². The fraction of sp³-hybridized carbons (Fsp3) is 0. The van der Waals surface area contributed by atoms with E-state index < -0.39 is 22.2 Å². The largest absolute Gasteiger partial charge is 0.456 e. The molecule has 0 atom stereocenters. The predicted octanol–water partition coefficient (Wildman–Crippen LogP) is 6.41. The molecule has 0 radical (unpaired) electrons. The van der Waals surface area contributed by atoms with Crippen LogP contribution in [-0.4, -0.2) is 33.0 Å². The molecule has 12 nitrogen and oxygen atoms in total. The summed E-state index contributed by atoms with van der Waals surface area (Å²) in [5, 5.41) is 3.50. The second-order valence-corrected chi connectivity index (χ2v) is 13.6. The third-order valence-electron chi connectivity index (χ3n) is 10.6. The number of nitrogens with zero attached hydrogens (tertiary/aromatic N) is 7. The van der Waals surface area contributed by atoms with Crippen molar-refractivity contribution >= 4 is 65.6 Å². The summed E-state index contributed by atoms with van der Waals surface area (Å²) in [4.78, 5) is 68.8. The lowest BCUT2D eigenvalue weighted by molar-refractivity contribution is 0.669. The monoisotopic (exact) mass is 715 g/mol. The predicted molar refractivity (Wildman–Crippen MR) is 210 cm³/mol. The highest BCUT2D eigenvalue weighted by Gasteiger charge is 2.22. The van der Waals surface area contributed by atoms with E-state index in [1.54, 1.807) is 57.6 Å². The molecule has 6 aromatic heterocycles. The molecule has 0 bridgehead atoms. The van der Waals surface area contributed by atoms with E-state index in [0.29, 0.717) is 71.7 Å². The zero-order valence-corrected chi connectivity index (χ0v) is 28.3. The molecule has 0 N–H and O–H groups in total. The van der Waals surface area contributed by atoms with Gasteiger partial charge in [0.15, 0.2) is 17.5 Å². The number of rotatable bonds is 3. The number of fused-ring (bicyclic) bond motifs is 13. The van der Waals surface area contributed by atoms with Crippen molar-refractivity contribution in [3.63, 3.8) is 0 Å². The number of hydrogen-bond donors (Lipinski definition) is 0. The van der Waals surface area contributed by atoms with Crippen molar-refractivity contribution in [3.8, 4) is 34.2 Å². The molecule has 0 saturated carbocycles. The number of para-hydroxylation sites is 3. The van der Waals surface area contributed by atoms with Crippen LogP contribution >= 0.6 is 0 Å². The molecular formula is C43H21N7O5. The fourth-order valence-corrected chi connectivity index (χ4v) is 8.06. The minimum atomic E-state index is -0.452. The first-order valence-electron chi connectivity index (χ1n) is 17.5. The zero-order chi connectivity index (χ0) is 36.7. The van der Waals surface area contributed by atoms with E-state index in [-0.39, 0.29) is 11.6 Å². The van der Waals surface area contributed by atoms with Gasteiger partial charge in [0.25, 0.3) is 22.2 Å². The Kier molecular flexibility index (Phi) is 5.55. The maximum Gasteiger partial charge on any atom is 0.282 e. The van der Waals surface area contributed by atoms with E-state index >= 15 is 0 Å². The first-order valence-corrected chi connectivity index (χ1v) is 17.5. The van der Waals surface area contributed by atoms with Gasteiger partial charge < -0.3 is 4.42 Å². The maximum atomic E-state index is 13.8. The Hall–Kier alpha value is -7.99. The number of hydrogen-bond acceptors (Lipinski definition) is 8. The van der Waals surface area contributed by atoms with Crippen LogP contribution in [-0.2, 0) is 0 Å². The van der Waals surface area contributed by atoms with Crippen molar-refractivity contribution in [2.45, 2.75) is 0 Å². The van der Waals surface area contributed by atoms with Crippen molar-refractivity contribution in [3.05, 3.63) is 169 Å². The molecule has 0 spiro atoms. The molecular weight excluding hydrogens is 695 g/mol. The van der Waals surface area contributed by atoms with Gasteiger partial charge in [-0.1, -0.05) is 48.5 Å². The Balaban J connectivity index is 1.09. The summed E-state index contributed by atoms with van der Waals surface area (Å²) in [7, 11) is 0. The van der Waals surface area contributed by atoms with Gasteiger partial charge in [-0.2, -0.15) is 9.03 Å². The Morgan fingerprint density at radius 2 is 0.745 bits per heavy atom. The van der Waals surface area contributed by atoms with Gasteiger partial charge in [-0.3, -0.25) is 19.2 Å². The average Bonchev–Trinajstić information content (AvgIpc) is 3.99. The van der Waals surface area contributed by atoms with Crippen molar-refractivity contribution in [2.75, 3.05) is 0 Å². The molecule has 258 valence electrons. The molecule has 0 unspecified atom stereocenters. The van der Waals surface area contributed by atoms with E-state index in [1.807, 2.05) is 78.9 Å². The van der Waals surface area contributed by atoms with Crippen LogP contribution in [0.4, 0.5) is 0 Å². The summed E-state index contributed by atoms with van der Waals surface area (Å²) >= 11 is 0. The van der Waals surface area contributed by atoms with E-state index in [0.717, 1.165) is 25.4 Å². The lowest BCUT2D eigenvalue weighted by Gasteiger charge is -2.09. The number of aromatic nitrogens is 7. The van der Waals surface area contributed by atoms with Crippen molar-refractivity contribution < 1.29 is 4.42 Å². The van der Waals surface area contributed by atoms with Gasteiger partial charge in [-0.15, -0.1) is 0 Å². The van der Waals surface area contributed by atoms with Crippen LogP contribution in [0.15, 0.2) is 151 Å². The highest BCUT2D eigenvalue weighted by Crippen LogP contribution is 2.33.